The minimum atomic E-state index is -0.766. The fourth-order valence-corrected chi connectivity index (χ4v) is 11.0. The van der Waals surface area contributed by atoms with Crippen LogP contribution in [0.3, 0.4) is 0 Å². The summed E-state index contributed by atoms with van der Waals surface area (Å²) in [7, 11) is 0. The molecular formula is C71H136O6. The maximum atomic E-state index is 12.9. The Kier molecular flexibility index (Phi) is 65.1. The summed E-state index contributed by atoms with van der Waals surface area (Å²) >= 11 is 0. The summed E-state index contributed by atoms with van der Waals surface area (Å²) in [5.41, 5.74) is 0. The minimum Gasteiger partial charge on any atom is -0.462 e. The number of hydrogen-bond acceptors (Lipinski definition) is 6. The lowest BCUT2D eigenvalue weighted by Gasteiger charge is -2.18. The van der Waals surface area contributed by atoms with E-state index in [-0.39, 0.29) is 31.1 Å². The van der Waals surface area contributed by atoms with Gasteiger partial charge in [0, 0.05) is 19.3 Å². The molecule has 0 aromatic heterocycles. The van der Waals surface area contributed by atoms with Gasteiger partial charge < -0.3 is 14.2 Å². The number of ether oxygens (including phenoxy) is 3. The fraction of sp³-hybridized carbons (Fsp3) is 0.930. The minimum absolute atomic E-state index is 0.0626. The topological polar surface area (TPSA) is 78.9 Å². The summed E-state index contributed by atoms with van der Waals surface area (Å²) in [6.45, 7) is 6.73. The van der Waals surface area contributed by atoms with Gasteiger partial charge in [-0.15, -0.1) is 0 Å². The Bertz CT molecular complexity index is 1200. The second-order valence-electron chi connectivity index (χ2n) is 24.2. The molecule has 0 saturated heterocycles. The highest BCUT2D eigenvalue weighted by atomic mass is 16.6. The average molecular weight is 1090 g/mol. The number of carbonyl (C=O) groups is 3. The predicted molar refractivity (Wildman–Crippen MR) is 335 cm³/mol. The largest absolute Gasteiger partial charge is 0.462 e. The van der Waals surface area contributed by atoms with Crippen molar-refractivity contribution in [2.45, 2.75) is 412 Å². The lowest BCUT2D eigenvalue weighted by atomic mass is 10.0. The van der Waals surface area contributed by atoms with Crippen molar-refractivity contribution >= 4 is 17.9 Å². The van der Waals surface area contributed by atoms with Crippen LogP contribution in [0.4, 0.5) is 0 Å². The molecule has 0 bridgehead atoms. The van der Waals surface area contributed by atoms with Crippen LogP contribution in [0.1, 0.15) is 406 Å². The third kappa shape index (κ3) is 64.9. The number of esters is 3. The first-order valence-electron chi connectivity index (χ1n) is 35.2. The first kappa shape index (κ1) is 75.2. The van der Waals surface area contributed by atoms with Crippen LogP contribution in [0, 0.1) is 0 Å². The number of hydrogen-bond donors (Lipinski definition) is 0. The molecule has 0 aromatic rings. The molecular weight excluding hydrogens is 949 g/mol. The maximum Gasteiger partial charge on any atom is 0.306 e. The van der Waals surface area contributed by atoms with Crippen molar-refractivity contribution in [2.24, 2.45) is 0 Å². The van der Waals surface area contributed by atoms with Crippen LogP contribution in [0.2, 0.25) is 0 Å². The molecule has 0 N–H and O–H groups in total. The standard InChI is InChI=1S/C71H136O6/c1-4-7-10-13-16-19-22-25-28-31-33-35-37-40-42-45-48-51-54-57-60-63-69(72)75-66-68(77-71(74)65-62-59-56-53-50-47-44-39-30-27-24-21-18-15-12-9-6-3)67-76-70(73)64-61-58-55-52-49-46-43-41-38-36-34-32-29-26-23-20-17-14-11-8-5-2/h25,28,68H,4-24,26-27,29-67H2,1-3H3/b28-25-/t68-/m1/s1. The van der Waals surface area contributed by atoms with Gasteiger partial charge >= 0.3 is 17.9 Å². The van der Waals surface area contributed by atoms with Crippen LogP contribution < -0.4 is 0 Å². The summed E-state index contributed by atoms with van der Waals surface area (Å²) < 4.78 is 17.0. The van der Waals surface area contributed by atoms with Crippen molar-refractivity contribution < 1.29 is 28.6 Å². The van der Waals surface area contributed by atoms with Gasteiger partial charge in [-0.2, -0.15) is 0 Å². The second kappa shape index (κ2) is 66.7. The van der Waals surface area contributed by atoms with E-state index in [2.05, 4.69) is 32.9 Å². The van der Waals surface area contributed by atoms with Crippen LogP contribution in [0.15, 0.2) is 12.2 Å². The number of carbonyl (C=O) groups excluding carboxylic acids is 3. The molecule has 0 aliphatic carbocycles. The van der Waals surface area contributed by atoms with Gasteiger partial charge in [0.05, 0.1) is 0 Å². The van der Waals surface area contributed by atoms with Crippen LogP contribution in [0.5, 0.6) is 0 Å². The van der Waals surface area contributed by atoms with E-state index in [4.69, 9.17) is 14.2 Å². The summed E-state index contributed by atoms with van der Waals surface area (Å²) in [5.74, 6) is -0.826. The van der Waals surface area contributed by atoms with Gasteiger partial charge in [-0.05, 0) is 44.9 Å². The van der Waals surface area contributed by atoms with E-state index in [1.54, 1.807) is 0 Å². The molecule has 0 aliphatic heterocycles. The van der Waals surface area contributed by atoms with Crippen molar-refractivity contribution in [1.29, 1.82) is 0 Å². The Hall–Kier alpha value is -1.85. The third-order valence-corrected chi connectivity index (χ3v) is 16.3. The van der Waals surface area contributed by atoms with Gasteiger partial charge in [-0.25, -0.2) is 0 Å². The Morgan fingerprint density at radius 3 is 0.649 bits per heavy atom. The highest BCUT2D eigenvalue weighted by molar-refractivity contribution is 5.71. The summed E-state index contributed by atoms with van der Waals surface area (Å²) in [4.78, 5) is 38.5. The first-order chi connectivity index (χ1) is 38.0. The van der Waals surface area contributed by atoms with E-state index >= 15 is 0 Å². The smallest absolute Gasteiger partial charge is 0.306 e. The van der Waals surface area contributed by atoms with E-state index in [0.717, 1.165) is 57.8 Å². The average Bonchev–Trinajstić information content (AvgIpc) is 3.43. The number of rotatable bonds is 66. The third-order valence-electron chi connectivity index (χ3n) is 16.3. The van der Waals surface area contributed by atoms with Gasteiger partial charge in [0.25, 0.3) is 0 Å². The molecule has 0 aromatic carbocycles. The van der Waals surface area contributed by atoms with Crippen molar-refractivity contribution in [3.05, 3.63) is 12.2 Å². The molecule has 6 heteroatoms. The molecule has 77 heavy (non-hydrogen) atoms. The van der Waals surface area contributed by atoms with Gasteiger partial charge in [0.2, 0.25) is 0 Å². The maximum absolute atomic E-state index is 12.9. The first-order valence-corrected chi connectivity index (χ1v) is 35.2. The highest BCUT2D eigenvalue weighted by Crippen LogP contribution is 2.19. The molecule has 1 atom stereocenters. The van der Waals surface area contributed by atoms with Gasteiger partial charge in [0.15, 0.2) is 6.10 Å². The summed E-state index contributed by atoms with van der Waals surface area (Å²) in [6, 6.07) is 0. The monoisotopic (exact) mass is 1090 g/mol. The lowest BCUT2D eigenvalue weighted by Crippen LogP contribution is -2.30. The van der Waals surface area contributed by atoms with E-state index in [9.17, 15) is 14.4 Å². The van der Waals surface area contributed by atoms with Crippen LogP contribution >= 0.6 is 0 Å². The lowest BCUT2D eigenvalue weighted by molar-refractivity contribution is -0.167. The van der Waals surface area contributed by atoms with Gasteiger partial charge in [-0.3, -0.25) is 14.4 Å². The highest BCUT2D eigenvalue weighted by Gasteiger charge is 2.19. The normalized spacial score (nSPS) is 12.0. The Labute approximate surface area is 481 Å². The van der Waals surface area contributed by atoms with E-state index in [0.29, 0.717) is 19.3 Å². The molecule has 0 rings (SSSR count). The summed E-state index contributed by atoms with van der Waals surface area (Å²) in [6.07, 6.45) is 79.5. The van der Waals surface area contributed by atoms with E-state index in [1.807, 2.05) is 0 Å². The van der Waals surface area contributed by atoms with Crippen molar-refractivity contribution in [2.75, 3.05) is 13.2 Å². The van der Waals surface area contributed by atoms with Gasteiger partial charge in [-0.1, -0.05) is 354 Å². The molecule has 0 unspecified atom stereocenters. The molecule has 6 nitrogen and oxygen atoms in total. The molecule has 0 spiro atoms. The number of unbranched alkanes of at least 4 members (excludes halogenated alkanes) is 53. The van der Waals surface area contributed by atoms with Crippen LogP contribution in [-0.2, 0) is 28.6 Å². The molecule has 0 saturated carbocycles. The van der Waals surface area contributed by atoms with E-state index in [1.165, 1.54) is 308 Å². The van der Waals surface area contributed by atoms with Crippen molar-refractivity contribution in [3.63, 3.8) is 0 Å². The zero-order valence-corrected chi connectivity index (χ0v) is 52.5. The molecule has 0 fully saturated rings. The zero-order chi connectivity index (χ0) is 55.7. The number of allylic oxidation sites excluding steroid dienone is 2. The molecule has 0 radical (unpaired) electrons. The molecule has 0 heterocycles. The molecule has 0 amide bonds. The summed E-state index contributed by atoms with van der Waals surface area (Å²) in [5, 5.41) is 0. The van der Waals surface area contributed by atoms with Crippen molar-refractivity contribution in [1.82, 2.24) is 0 Å². The Morgan fingerprint density at radius 2 is 0.429 bits per heavy atom. The second-order valence-corrected chi connectivity index (χ2v) is 24.2. The van der Waals surface area contributed by atoms with Crippen LogP contribution in [-0.4, -0.2) is 37.2 Å². The SMILES string of the molecule is CCCCCCCC/C=C\CCCCCCCCCCCCCC(=O)OC[C@H](COC(=O)CCCCCCCCCCCCCCCCCCCCCCC)OC(=O)CCCCCCCCCCCCCCCCCCC. The Balaban J connectivity index is 4.27. The van der Waals surface area contributed by atoms with Crippen molar-refractivity contribution in [3.8, 4) is 0 Å². The predicted octanol–water partition coefficient (Wildman–Crippen LogP) is 24.0. The van der Waals surface area contributed by atoms with E-state index < -0.39 is 6.10 Å². The Morgan fingerprint density at radius 1 is 0.247 bits per heavy atom. The molecule has 0 aliphatic rings. The van der Waals surface area contributed by atoms with Gasteiger partial charge in [0.1, 0.15) is 13.2 Å². The zero-order valence-electron chi connectivity index (χ0n) is 52.5. The quantitative estimate of drug-likeness (QED) is 0.0261. The van der Waals surface area contributed by atoms with Crippen LogP contribution in [0.25, 0.3) is 0 Å². The fourth-order valence-electron chi connectivity index (χ4n) is 11.0. The molecule has 456 valence electrons.